The molecule has 2 N–H and O–H groups in total. The van der Waals surface area contributed by atoms with Crippen LogP contribution in [0.25, 0.3) is 0 Å². The minimum absolute atomic E-state index is 0.0233. The fourth-order valence-corrected chi connectivity index (χ4v) is 6.13. The lowest BCUT2D eigenvalue weighted by atomic mass is 10.1. The number of carbonyl (C=O) groups excluding carboxylic acids is 3. The fourth-order valence-electron chi connectivity index (χ4n) is 6.13. The number of unbranched alkanes of at least 4 members (excludes halogenated alkanes) is 22. The molecule has 316 valence electrons. The van der Waals surface area contributed by atoms with E-state index in [2.05, 4.69) is 43.5 Å². The van der Waals surface area contributed by atoms with Gasteiger partial charge in [0.15, 0.2) is 0 Å². The minimum Gasteiger partial charge on any atom is -0.463 e. The SMILES string of the molecule is CCCCCCCC/C=C\CCCCCCCC(=O)OCC(COC(=O)CCCCCCC/C=C\CCCCCCCC)NC(=O)OCCN(C)CCO. The van der Waals surface area contributed by atoms with Gasteiger partial charge >= 0.3 is 18.0 Å². The molecule has 54 heavy (non-hydrogen) atoms. The normalized spacial score (nSPS) is 11.7. The minimum atomic E-state index is -0.705. The quantitative estimate of drug-likeness (QED) is 0.0274. The lowest BCUT2D eigenvalue weighted by Crippen LogP contribution is -2.43. The maximum atomic E-state index is 12.5. The Morgan fingerprint density at radius 2 is 0.907 bits per heavy atom. The Morgan fingerprint density at radius 3 is 1.30 bits per heavy atom. The lowest BCUT2D eigenvalue weighted by molar-refractivity contribution is -0.147. The Labute approximate surface area is 331 Å². The summed E-state index contributed by atoms with van der Waals surface area (Å²) in [6.07, 6.45) is 40.3. The molecule has 0 bridgehead atoms. The van der Waals surface area contributed by atoms with Gasteiger partial charge in [0.25, 0.3) is 0 Å². The van der Waals surface area contributed by atoms with Crippen LogP contribution in [0.4, 0.5) is 4.79 Å². The molecule has 0 rings (SSSR count). The molecule has 0 aliphatic carbocycles. The Bertz CT molecular complexity index is 854. The number of likely N-dealkylation sites (N-methyl/N-ethyl adjacent to an activating group) is 1. The van der Waals surface area contributed by atoms with E-state index in [1.807, 2.05) is 11.9 Å². The molecule has 0 aliphatic heterocycles. The van der Waals surface area contributed by atoms with Crippen molar-refractivity contribution >= 4 is 18.0 Å². The number of ether oxygens (including phenoxy) is 3. The molecule has 0 aromatic carbocycles. The van der Waals surface area contributed by atoms with E-state index in [-0.39, 0.29) is 38.4 Å². The number of hydrogen-bond donors (Lipinski definition) is 2. The van der Waals surface area contributed by atoms with Crippen molar-refractivity contribution < 1.29 is 33.7 Å². The van der Waals surface area contributed by atoms with Crippen LogP contribution in [0.1, 0.15) is 194 Å². The fraction of sp³-hybridized carbons (Fsp3) is 0.844. The van der Waals surface area contributed by atoms with Gasteiger partial charge in [0, 0.05) is 25.9 Å². The van der Waals surface area contributed by atoms with E-state index in [4.69, 9.17) is 19.3 Å². The first-order valence-corrected chi connectivity index (χ1v) is 22.3. The average molecular weight is 765 g/mol. The molecule has 0 atom stereocenters. The van der Waals surface area contributed by atoms with E-state index in [0.717, 1.165) is 64.2 Å². The number of hydrogen-bond acceptors (Lipinski definition) is 8. The van der Waals surface area contributed by atoms with Gasteiger partial charge in [0.2, 0.25) is 0 Å². The molecule has 1 amide bonds. The number of esters is 2. The van der Waals surface area contributed by atoms with Crippen LogP contribution in [0.15, 0.2) is 24.3 Å². The van der Waals surface area contributed by atoms with Gasteiger partial charge in [-0.1, -0.05) is 141 Å². The highest BCUT2D eigenvalue weighted by atomic mass is 16.6. The number of rotatable bonds is 40. The number of carbonyl (C=O) groups is 3. The Balaban J connectivity index is 4.26. The van der Waals surface area contributed by atoms with Crippen molar-refractivity contribution in [2.24, 2.45) is 0 Å². The van der Waals surface area contributed by atoms with Crippen molar-refractivity contribution in [3.8, 4) is 0 Å². The van der Waals surface area contributed by atoms with Crippen LogP contribution in [0, 0.1) is 0 Å². The standard InChI is InChI=1S/C45H84N2O7/c1-4-6-8-10-12-14-16-18-20-22-24-26-28-30-32-34-43(49)53-40-42(46-45(51)52-39-37-47(3)36-38-48)41-54-44(50)35-33-31-29-27-25-23-21-19-17-15-13-11-9-7-5-2/h18-21,42,48H,4-17,22-41H2,1-3H3,(H,46,51)/b20-18-,21-19-. The zero-order valence-corrected chi connectivity index (χ0v) is 35.3. The van der Waals surface area contributed by atoms with Gasteiger partial charge in [-0.3, -0.25) is 9.59 Å². The zero-order chi connectivity index (χ0) is 39.6. The topological polar surface area (TPSA) is 114 Å². The molecular formula is C45H84N2O7. The largest absolute Gasteiger partial charge is 0.463 e. The molecule has 0 aromatic heterocycles. The van der Waals surface area contributed by atoms with Crippen LogP contribution in [-0.4, -0.2) is 80.6 Å². The second-order valence-electron chi connectivity index (χ2n) is 15.0. The summed E-state index contributed by atoms with van der Waals surface area (Å²) in [4.78, 5) is 39.2. The summed E-state index contributed by atoms with van der Waals surface area (Å²) in [5, 5.41) is 11.7. The molecule has 0 spiro atoms. The molecule has 0 saturated carbocycles. The number of aliphatic hydroxyl groups is 1. The highest BCUT2D eigenvalue weighted by Gasteiger charge is 2.18. The predicted octanol–water partition coefficient (Wildman–Crippen LogP) is 11.2. The first-order chi connectivity index (χ1) is 26.4. The van der Waals surface area contributed by atoms with Crippen molar-refractivity contribution in [2.75, 3.05) is 46.6 Å². The number of alkyl carbamates (subject to hydrolysis) is 1. The highest BCUT2D eigenvalue weighted by Crippen LogP contribution is 2.12. The van der Waals surface area contributed by atoms with E-state index >= 15 is 0 Å². The lowest BCUT2D eigenvalue weighted by Gasteiger charge is -2.20. The Kier molecular flexibility index (Phi) is 39.9. The Hall–Kier alpha value is -2.39. The van der Waals surface area contributed by atoms with Crippen molar-refractivity contribution in [1.82, 2.24) is 10.2 Å². The van der Waals surface area contributed by atoms with Crippen LogP contribution >= 0.6 is 0 Å². The van der Waals surface area contributed by atoms with Crippen molar-refractivity contribution in [1.29, 1.82) is 0 Å². The number of amides is 1. The van der Waals surface area contributed by atoms with E-state index in [1.165, 1.54) is 103 Å². The third-order valence-electron chi connectivity index (χ3n) is 9.69. The summed E-state index contributed by atoms with van der Waals surface area (Å²) in [5.41, 5.74) is 0. The second kappa shape index (κ2) is 41.8. The third kappa shape index (κ3) is 39.3. The van der Waals surface area contributed by atoms with Crippen LogP contribution in [0.2, 0.25) is 0 Å². The average Bonchev–Trinajstić information content (AvgIpc) is 3.15. The van der Waals surface area contributed by atoms with Gasteiger partial charge in [-0.2, -0.15) is 0 Å². The smallest absolute Gasteiger partial charge is 0.407 e. The van der Waals surface area contributed by atoms with Crippen molar-refractivity contribution in [3.05, 3.63) is 24.3 Å². The van der Waals surface area contributed by atoms with Gasteiger partial charge in [-0.15, -0.1) is 0 Å². The molecule has 0 aliphatic rings. The molecule has 0 heterocycles. The van der Waals surface area contributed by atoms with Crippen LogP contribution < -0.4 is 5.32 Å². The molecule has 0 radical (unpaired) electrons. The first kappa shape index (κ1) is 51.6. The molecule has 0 fully saturated rings. The monoisotopic (exact) mass is 765 g/mol. The summed E-state index contributed by atoms with van der Waals surface area (Å²) in [6, 6.07) is -0.705. The number of nitrogens with zero attached hydrogens (tertiary/aromatic N) is 1. The molecule has 0 aromatic rings. The summed E-state index contributed by atoms with van der Waals surface area (Å²) in [7, 11) is 1.82. The van der Waals surface area contributed by atoms with Gasteiger partial charge in [0.1, 0.15) is 25.9 Å². The van der Waals surface area contributed by atoms with E-state index in [0.29, 0.717) is 25.9 Å². The molecule has 9 nitrogen and oxygen atoms in total. The van der Waals surface area contributed by atoms with Crippen LogP contribution in [-0.2, 0) is 23.8 Å². The second-order valence-corrected chi connectivity index (χ2v) is 15.0. The van der Waals surface area contributed by atoms with Gasteiger partial charge in [-0.25, -0.2) is 4.79 Å². The summed E-state index contributed by atoms with van der Waals surface area (Å²) in [6.45, 7) is 5.43. The van der Waals surface area contributed by atoms with Gasteiger partial charge in [0.05, 0.1) is 6.61 Å². The number of nitrogens with one attached hydrogen (secondary N) is 1. The molecule has 9 heteroatoms. The maximum absolute atomic E-state index is 12.5. The maximum Gasteiger partial charge on any atom is 0.407 e. The van der Waals surface area contributed by atoms with Crippen LogP contribution in [0.5, 0.6) is 0 Å². The van der Waals surface area contributed by atoms with Crippen molar-refractivity contribution in [2.45, 2.75) is 200 Å². The summed E-state index contributed by atoms with van der Waals surface area (Å²) in [5.74, 6) is -0.643. The summed E-state index contributed by atoms with van der Waals surface area (Å²) < 4.78 is 16.2. The van der Waals surface area contributed by atoms with E-state index in [1.54, 1.807) is 0 Å². The predicted molar refractivity (Wildman–Crippen MR) is 224 cm³/mol. The van der Waals surface area contributed by atoms with E-state index < -0.39 is 12.1 Å². The molecule has 0 unspecified atom stereocenters. The third-order valence-corrected chi connectivity index (χ3v) is 9.69. The van der Waals surface area contributed by atoms with Gasteiger partial charge < -0.3 is 29.5 Å². The molecular weight excluding hydrogens is 681 g/mol. The molecule has 0 saturated heterocycles. The summed E-state index contributed by atoms with van der Waals surface area (Å²) >= 11 is 0. The van der Waals surface area contributed by atoms with Crippen molar-refractivity contribution in [3.63, 3.8) is 0 Å². The Morgan fingerprint density at radius 1 is 0.537 bits per heavy atom. The number of allylic oxidation sites excluding steroid dienone is 4. The van der Waals surface area contributed by atoms with E-state index in [9.17, 15) is 14.4 Å². The van der Waals surface area contributed by atoms with Crippen LogP contribution in [0.3, 0.4) is 0 Å². The van der Waals surface area contributed by atoms with Gasteiger partial charge in [-0.05, 0) is 71.3 Å². The first-order valence-electron chi connectivity index (χ1n) is 22.3. The number of aliphatic hydroxyl groups excluding tert-OH is 1. The highest BCUT2D eigenvalue weighted by molar-refractivity contribution is 5.70. The zero-order valence-electron chi connectivity index (χ0n) is 35.3.